The molecule has 9 heteroatoms. The molecule has 32 heavy (non-hydrogen) atoms. The molecule has 0 amide bonds. The van der Waals surface area contributed by atoms with Crippen LogP contribution in [0.5, 0.6) is 0 Å². The molecular formula is C23H28N4O4S. The quantitative estimate of drug-likeness (QED) is 0.470. The molecule has 2 aliphatic heterocycles. The Hall–Kier alpha value is -2.75. The molecule has 8 nitrogen and oxygen atoms in total. The van der Waals surface area contributed by atoms with Crippen LogP contribution in [0.15, 0.2) is 59.5 Å². The molecule has 2 saturated heterocycles. The minimum absolute atomic E-state index is 0.000430. The van der Waals surface area contributed by atoms with Gasteiger partial charge in [0.2, 0.25) is 10.0 Å². The predicted molar refractivity (Wildman–Crippen MR) is 125 cm³/mol. The normalized spacial score (nSPS) is 18.4. The van der Waals surface area contributed by atoms with E-state index in [1.165, 1.54) is 16.4 Å². The fourth-order valence-electron chi connectivity index (χ4n) is 4.23. The maximum absolute atomic E-state index is 12.8. The van der Waals surface area contributed by atoms with Crippen LogP contribution >= 0.6 is 0 Å². The summed E-state index contributed by atoms with van der Waals surface area (Å²) in [6, 6.07) is 14.4. The molecule has 2 heterocycles. The molecule has 170 valence electrons. The van der Waals surface area contributed by atoms with Crippen molar-refractivity contribution in [1.29, 1.82) is 0 Å². The van der Waals surface area contributed by atoms with Gasteiger partial charge in [-0.2, -0.15) is 4.31 Å². The second-order valence-corrected chi connectivity index (χ2v) is 10.1. The third-order valence-electron chi connectivity index (χ3n) is 6.03. The molecule has 4 rings (SSSR count). The number of nitro groups is 1. The van der Waals surface area contributed by atoms with Gasteiger partial charge in [0, 0.05) is 51.9 Å². The lowest BCUT2D eigenvalue weighted by Crippen LogP contribution is -2.46. The Balaban J connectivity index is 1.42. The molecule has 0 N–H and O–H groups in total. The van der Waals surface area contributed by atoms with Gasteiger partial charge in [-0.3, -0.25) is 15.0 Å². The Kier molecular flexibility index (Phi) is 6.88. The van der Waals surface area contributed by atoms with Crippen LogP contribution in [0.2, 0.25) is 0 Å². The van der Waals surface area contributed by atoms with Crippen LogP contribution in [0.3, 0.4) is 0 Å². The van der Waals surface area contributed by atoms with Gasteiger partial charge in [0.1, 0.15) is 5.69 Å². The fraction of sp³-hybridized carbons (Fsp3) is 0.391. The highest BCUT2D eigenvalue weighted by atomic mass is 32.2. The van der Waals surface area contributed by atoms with E-state index < -0.39 is 14.9 Å². The van der Waals surface area contributed by atoms with E-state index in [4.69, 9.17) is 0 Å². The van der Waals surface area contributed by atoms with E-state index in [0.29, 0.717) is 31.9 Å². The van der Waals surface area contributed by atoms with Crippen molar-refractivity contribution in [2.45, 2.75) is 17.7 Å². The van der Waals surface area contributed by atoms with Gasteiger partial charge in [-0.05, 0) is 30.5 Å². The van der Waals surface area contributed by atoms with Crippen LogP contribution in [0.4, 0.5) is 11.4 Å². The Morgan fingerprint density at radius 1 is 0.938 bits per heavy atom. The van der Waals surface area contributed by atoms with Gasteiger partial charge in [-0.1, -0.05) is 42.5 Å². The second-order valence-electron chi connectivity index (χ2n) is 8.12. The average Bonchev–Trinajstić information content (AvgIpc) is 3.36. The number of nitrogens with zero attached hydrogens (tertiary/aromatic N) is 4. The predicted octanol–water partition coefficient (Wildman–Crippen LogP) is 3.21. The smallest absolute Gasteiger partial charge is 0.293 e. The molecule has 2 aromatic carbocycles. The number of hydrogen-bond acceptors (Lipinski definition) is 6. The highest BCUT2D eigenvalue weighted by Crippen LogP contribution is 2.33. The minimum Gasteiger partial charge on any atom is -0.363 e. The van der Waals surface area contributed by atoms with Crippen LogP contribution < -0.4 is 4.90 Å². The minimum atomic E-state index is -3.69. The zero-order valence-corrected chi connectivity index (χ0v) is 18.8. The van der Waals surface area contributed by atoms with Gasteiger partial charge < -0.3 is 4.90 Å². The molecule has 0 spiro atoms. The number of sulfonamides is 1. The van der Waals surface area contributed by atoms with Crippen molar-refractivity contribution in [1.82, 2.24) is 9.21 Å². The highest BCUT2D eigenvalue weighted by molar-refractivity contribution is 7.89. The van der Waals surface area contributed by atoms with Crippen molar-refractivity contribution in [3.63, 3.8) is 0 Å². The lowest BCUT2D eigenvalue weighted by atomic mass is 10.2. The lowest BCUT2D eigenvalue weighted by molar-refractivity contribution is -0.384. The summed E-state index contributed by atoms with van der Waals surface area (Å²) in [5.41, 5.74) is 1.49. The summed E-state index contributed by atoms with van der Waals surface area (Å²) in [5.74, 6) is 0. The van der Waals surface area contributed by atoms with Gasteiger partial charge in [0.15, 0.2) is 0 Å². The van der Waals surface area contributed by atoms with Crippen LogP contribution in [-0.4, -0.2) is 68.4 Å². The van der Waals surface area contributed by atoms with Crippen LogP contribution in [0, 0.1) is 10.1 Å². The first-order valence-corrected chi connectivity index (χ1v) is 12.4. The number of anilines is 1. The molecule has 0 saturated carbocycles. The molecule has 2 fully saturated rings. The highest BCUT2D eigenvalue weighted by Gasteiger charge is 2.31. The first-order valence-electron chi connectivity index (χ1n) is 10.9. The van der Waals surface area contributed by atoms with E-state index in [0.717, 1.165) is 38.0 Å². The molecule has 2 aromatic rings. The number of nitro benzene ring substituents is 1. The summed E-state index contributed by atoms with van der Waals surface area (Å²) in [6.45, 7) is 4.62. The lowest BCUT2D eigenvalue weighted by Gasteiger charge is -2.35. The molecule has 2 aliphatic rings. The van der Waals surface area contributed by atoms with E-state index >= 15 is 0 Å². The Morgan fingerprint density at radius 3 is 2.28 bits per heavy atom. The first kappa shape index (κ1) is 22.4. The molecule has 0 atom stereocenters. The number of benzene rings is 2. The Labute approximate surface area is 188 Å². The third-order valence-corrected chi connectivity index (χ3v) is 7.93. The zero-order chi connectivity index (χ0) is 22.6. The standard InChI is InChI=1S/C23H28N4O4S/c28-27(29)23-19-21(32(30,31)26-13-4-5-14-26)10-11-22(23)25-17-15-24(16-18-25)12-6-9-20-7-2-1-3-8-20/h1-3,6-11,19H,4-5,12-18H2/b9-6+. The summed E-state index contributed by atoms with van der Waals surface area (Å²) in [7, 11) is -3.69. The van der Waals surface area contributed by atoms with Gasteiger partial charge in [-0.15, -0.1) is 0 Å². The van der Waals surface area contributed by atoms with Crippen molar-refractivity contribution >= 4 is 27.5 Å². The number of rotatable bonds is 7. The van der Waals surface area contributed by atoms with Crippen molar-refractivity contribution in [2.24, 2.45) is 0 Å². The molecule has 0 unspecified atom stereocenters. The SMILES string of the molecule is O=[N+]([O-])c1cc(S(=O)(=O)N2CCCC2)ccc1N1CCN(C/C=C/c2ccccc2)CC1. The van der Waals surface area contributed by atoms with Gasteiger partial charge >= 0.3 is 0 Å². The summed E-state index contributed by atoms with van der Waals surface area (Å²) < 4.78 is 27.0. The summed E-state index contributed by atoms with van der Waals surface area (Å²) in [4.78, 5) is 15.6. The number of hydrogen-bond donors (Lipinski definition) is 0. The first-order chi connectivity index (χ1) is 15.4. The molecule has 0 aromatic heterocycles. The van der Waals surface area contributed by atoms with Crippen molar-refractivity contribution in [3.05, 3.63) is 70.3 Å². The Morgan fingerprint density at radius 2 is 1.62 bits per heavy atom. The van der Waals surface area contributed by atoms with Crippen LogP contribution in [0.25, 0.3) is 6.08 Å². The summed E-state index contributed by atoms with van der Waals surface area (Å²) in [6.07, 6.45) is 5.87. The zero-order valence-electron chi connectivity index (χ0n) is 18.0. The van der Waals surface area contributed by atoms with E-state index in [1.54, 1.807) is 6.07 Å². The van der Waals surface area contributed by atoms with Gasteiger partial charge in [-0.25, -0.2) is 8.42 Å². The molecule has 0 radical (unpaired) electrons. The van der Waals surface area contributed by atoms with E-state index in [2.05, 4.69) is 29.2 Å². The largest absolute Gasteiger partial charge is 0.363 e. The summed E-state index contributed by atoms with van der Waals surface area (Å²) >= 11 is 0. The maximum Gasteiger partial charge on any atom is 0.293 e. The van der Waals surface area contributed by atoms with Crippen molar-refractivity contribution < 1.29 is 13.3 Å². The third kappa shape index (κ3) is 5.01. The summed E-state index contributed by atoms with van der Waals surface area (Å²) in [5, 5.41) is 11.8. The molecule has 0 aliphatic carbocycles. The Bertz CT molecular complexity index is 1070. The van der Waals surface area contributed by atoms with Crippen LogP contribution in [0.1, 0.15) is 18.4 Å². The van der Waals surface area contributed by atoms with Crippen LogP contribution in [-0.2, 0) is 10.0 Å². The monoisotopic (exact) mass is 456 g/mol. The van der Waals surface area contributed by atoms with Gasteiger partial charge in [0.25, 0.3) is 5.69 Å². The second kappa shape index (κ2) is 9.81. The average molecular weight is 457 g/mol. The van der Waals surface area contributed by atoms with E-state index in [-0.39, 0.29) is 10.6 Å². The topological polar surface area (TPSA) is 87.0 Å². The molecular weight excluding hydrogens is 428 g/mol. The fourth-order valence-corrected chi connectivity index (χ4v) is 5.77. The van der Waals surface area contributed by atoms with Crippen molar-refractivity contribution in [2.75, 3.05) is 50.7 Å². The van der Waals surface area contributed by atoms with Gasteiger partial charge in [0.05, 0.1) is 9.82 Å². The molecule has 0 bridgehead atoms. The number of piperazine rings is 1. The van der Waals surface area contributed by atoms with E-state index in [1.807, 2.05) is 23.1 Å². The maximum atomic E-state index is 12.8. The van der Waals surface area contributed by atoms with E-state index in [9.17, 15) is 18.5 Å². The van der Waals surface area contributed by atoms with Crippen molar-refractivity contribution in [3.8, 4) is 0 Å².